The highest BCUT2D eigenvalue weighted by molar-refractivity contribution is 9.10. The fraction of sp³-hybridized carbons (Fsp3) is 0.571. The van der Waals surface area contributed by atoms with Gasteiger partial charge < -0.3 is 5.32 Å². The first-order valence-electron chi connectivity index (χ1n) is 6.12. The van der Waals surface area contributed by atoms with E-state index >= 15 is 0 Å². The van der Waals surface area contributed by atoms with Crippen molar-refractivity contribution in [3.63, 3.8) is 0 Å². The van der Waals surface area contributed by atoms with Crippen molar-refractivity contribution in [2.45, 2.75) is 38.6 Å². The molecular weight excluding hydrogens is 281 g/mol. The standard InChI is InChI=1S/C14H19BrFN/c1-9(2)17-8-11-7-14(11,3)10-4-5-13(16)12(15)6-10/h4-6,9,11,17H,7-8H2,1-3H3. The van der Waals surface area contributed by atoms with Crippen LogP contribution in [0.5, 0.6) is 0 Å². The van der Waals surface area contributed by atoms with E-state index in [-0.39, 0.29) is 11.2 Å². The minimum absolute atomic E-state index is 0.185. The molecule has 0 bridgehead atoms. The lowest BCUT2D eigenvalue weighted by Gasteiger charge is -2.14. The zero-order valence-electron chi connectivity index (χ0n) is 10.6. The summed E-state index contributed by atoms with van der Waals surface area (Å²) in [7, 11) is 0. The van der Waals surface area contributed by atoms with E-state index in [1.807, 2.05) is 12.1 Å². The van der Waals surface area contributed by atoms with Gasteiger partial charge in [-0.2, -0.15) is 0 Å². The molecule has 94 valence electrons. The molecule has 1 saturated carbocycles. The van der Waals surface area contributed by atoms with Gasteiger partial charge in [-0.25, -0.2) is 4.39 Å². The molecule has 0 saturated heterocycles. The van der Waals surface area contributed by atoms with Gasteiger partial charge in [0.1, 0.15) is 5.82 Å². The average Bonchev–Trinajstić information content (AvgIpc) is 2.92. The van der Waals surface area contributed by atoms with Gasteiger partial charge in [-0.05, 0) is 57.9 Å². The van der Waals surface area contributed by atoms with Crippen LogP contribution in [-0.2, 0) is 5.41 Å². The Labute approximate surface area is 111 Å². The van der Waals surface area contributed by atoms with E-state index in [1.165, 1.54) is 12.0 Å². The summed E-state index contributed by atoms with van der Waals surface area (Å²) in [6.07, 6.45) is 1.19. The lowest BCUT2D eigenvalue weighted by atomic mass is 9.95. The van der Waals surface area contributed by atoms with E-state index in [0.29, 0.717) is 16.4 Å². The van der Waals surface area contributed by atoms with Crippen LogP contribution >= 0.6 is 15.9 Å². The highest BCUT2D eigenvalue weighted by Gasteiger charge is 2.50. The summed E-state index contributed by atoms with van der Waals surface area (Å²) < 4.78 is 13.8. The minimum Gasteiger partial charge on any atom is -0.314 e. The molecule has 3 heteroatoms. The van der Waals surface area contributed by atoms with Gasteiger partial charge in [-0.3, -0.25) is 0 Å². The number of nitrogens with one attached hydrogen (secondary N) is 1. The molecule has 0 aromatic heterocycles. The third-order valence-electron chi connectivity index (χ3n) is 3.76. The van der Waals surface area contributed by atoms with Crippen molar-refractivity contribution >= 4 is 15.9 Å². The van der Waals surface area contributed by atoms with Crippen molar-refractivity contribution in [3.8, 4) is 0 Å². The van der Waals surface area contributed by atoms with Crippen LogP contribution in [-0.4, -0.2) is 12.6 Å². The van der Waals surface area contributed by atoms with Gasteiger partial charge in [0.05, 0.1) is 4.47 Å². The molecule has 0 heterocycles. The SMILES string of the molecule is CC(C)NCC1CC1(C)c1ccc(F)c(Br)c1. The summed E-state index contributed by atoms with van der Waals surface area (Å²) in [6.45, 7) is 7.63. The van der Waals surface area contributed by atoms with Crippen LogP contribution in [0.2, 0.25) is 0 Å². The average molecular weight is 300 g/mol. The zero-order chi connectivity index (χ0) is 12.6. The van der Waals surface area contributed by atoms with Crippen molar-refractivity contribution in [1.82, 2.24) is 5.32 Å². The van der Waals surface area contributed by atoms with Crippen molar-refractivity contribution < 1.29 is 4.39 Å². The Hall–Kier alpha value is -0.410. The van der Waals surface area contributed by atoms with Gasteiger partial charge in [0.15, 0.2) is 0 Å². The Morgan fingerprint density at radius 1 is 1.53 bits per heavy atom. The molecule has 1 aliphatic rings. The third-order valence-corrected chi connectivity index (χ3v) is 4.37. The maximum atomic E-state index is 13.2. The summed E-state index contributed by atoms with van der Waals surface area (Å²) in [4.78, 5) is 0. The monoisotopic (exact) mass is 299 g/mol. The van der Waals surface area contributed by atoms with Gasteiger partial charge in [0.25, 0.3) is 0 Å². The number of rotatable bonds is 4. The molecule has 0 aliphatic heterocycles. The van der Waals surface area contributed by atoms with Crippen molar-refractivity contribution in [1.29, 1.82) is 0 Å². The second-order valence-electron chi connectivity index (χ2n) is 5.51. The van der Waals surface area contributed by atoms with E-state index in [4.69, 9.17) is 0 Å². The summed E-state index contributed by atoms with van der Waals surface area (Å²) >= 11 is 3.26. The van der Waals surface area contributed by atoms with Gasteiger partial charge >= 0.3 is 0 Å². The summed E-state index contributed by atoms with van der Waals surface area (Å²) in [5.74, 6) is 0.483. The fourth-order valence-corrected chi connectivity index (χ4v) is 2.71. The third kappa shape index (κ3) is 2.71. The quantitative estimate of drug-likeness (QED) is 0.890. The van der Waals surface area contributed by atoms with Gasteiger partial charge in [0.2, 0.25) is 0 Å². The largest absolute Gasteiger partial charge is 0.314 e. The molecule has 1 aliphatic carbocycles. The number of halogens is 2. The molecule has 0 radical (unpaired) electrons. The molecular formula is C14H19BrFN. The molecule has 0 spiro atoms. The molecule has 1 aromatic rings. The second-order valence-corrected chi connectivity index (χ2v) is 6.36. The van der Waals surface area contributed by atoms with E-state index in [0.717, 1.165) is 6.54 Å². The Bertz CT molecular complexity index is 419. The highest BCUT2D eigenvalue weighted by Crippen LogP contribution is 2.54. The first-order valence-corrected chi connectivity index (χ1v) is 6.91. The van der Waals surface area contributed by atoms with E-state index in [1.54, 1.807) is 6.07 Å². The van der Waals surface area contributed by atoms with Crippen LogP contribution < -0.4 is 5.32 Å². The Morgan fingerprint density at radius 3 is 2.82 bits per heavy atom. The highest BCUT2D eigenvalue weighted by atomic mass is 79.9. The Kier molecular flexibility index (Phi) is 3.60. The van der Waals surface area contributed by atoms with Crippen LogP contribution in [0, 0.1) is 11.7 Å². The van der Waals surface area contributed by atoms with E-state index < -0.39 is 0 Å². The lowest BCUT2D eigenvalue weighted by Crippen LogP contribution is -2.26. The normalized spacial score (nSPS) is 27.5. The maximum absolute atomic E-state index is 13.2. The van der Waals surface area contributed by atoms with Crippen molar-refractivity contribution in [2.75, 3.05) is 6.54 Å². The number of hydrogen-bond donors (Lipinski definition) is 1. The molecule has 2 rings (SSSR count). The molecule has 1 N–H and O–H groups in total. The number of hydrogen-bond acceptors (Lipinski definition) is 1. The van der Waals surface area contributed by atoms with E-state index in [2.05, 4.69) is 42.0 Å². The second kappa shape index (κ2) is 4.69. The van der Waals surface area contributed by atoms with Crippen LogP contribution in [0.3, 0.4) is 0 Å². The maximum Gasteiger partial charge on any atom is 0.137 e. The van der Waals surface area contributed by atoms with Crippen LogP contribution in [0.1, 0.15) is 32.8 Å². The Balaban J connectivity index is 2.05. The lowest BCUT2D eigenvalue weighted by molar-refractivity contribution is 0.527. The summed E-state index contributed by atoms with van der Waals surface area (Å²) in [5, 5.41) is 3.47. The molecule has 2 atom stereocenters. The molecule has 2 unspecified atom stereocenters. The molecule has 1 aromatic carbocycles. The first-order chi connectivity index (χ1) is 7.93. The first kappa shape index (κ1) is 13.0. The van der Waals surface area contributed by atoms with E-state index in [9.17, 15) is 4.39 Å². The van der Waals surface area contributed by atoms with Crippen LogP contribution in [0.25, 0.3) is 0 Å². The summed E-state index contributed by atoms with van der Waals surface area (Å²) in [5.41, 5.74) is 1.46. The summed E-state index contributed by atoms with van der Waals surface area (Å²) in [6, 6.07) is 5.91. The Morgan fingerprint density at radius 2 is 2.24 bits per heavy atom. The fourth-order valence-electron chi connectivity index (χ4n) is 2.33. The van der Waals surface area contributed by atoms with Crippen LogP contribution in [0.4, 0.5) is 4.39 Å². The van der Waals surface area contributed by atoms with Gasteiger partial charge in [0, 0.05) is 6.04 Å². The van der Waals surface area contributed by atoms with Crippen molar-refractivity contribution in [2.24, 2.45) is 5.92 Å². The smallest absolute Gasteiger partial charge is 0.137 e. The predicted molar refractivity (Wildman–Crippen MR) is 72.7 cm³/mol. The number of benzene rings is 1. The topological polar surface area (TPSA) is 12.0 Å². The van der Waals surface area contributed by atoms with Gasteiger partial charge in [-0.15, -0.1) is 0 Å². The van der Waals surface area contributed by atoms with Crippen LogP contribution in [0.15, 0.2) is 22.7 Å². The molecule has 0 amide bonds. The minimum atomic E-state index is -0.185. The van der Waals surface area contributed by atoms with Crippen molar-refractivity contribution in [3.05, 3.63) is 34.1 Å². The zero-order valence-corrected chi connectivity index (χ0v) is 12.1. The molecule has 17 heavy (non-hydrogen) atoms. The molecule has 1 fully saturated rings. The van der Waals surface area contributed by atoms with Gasteiger partial charge in [-0.1, -0.05) is 26.8 Å². The molecule has 1 nitrogen and oxygen atoms in total. The predicted octanol–water partition coefficient (Wildman–Crippen LogP) is 3.86.